The van der Waals surface area contributed by atoms with Crippen molar-refractivity contribution in [2.45, 2.75) is 33.1 Å². The Kier molecular flexibility index (Phi) is 3.69. The summed E-state index contributed by atoms with van der Waals surface area (Å²) in [6, 6.07) is 8.03. The first kappa shape index (κ1) is 10.8. The van der Waals surface area contributed by atoms with Gasteiger partial charge in [-0.15, -0.1) is 0 Å². The summed E-state index contributed by atoms with van der Waals surface area (Å²) in [6.45, 7) is 5.89. The molecule has 0 heterocycles. The minimum atomic E-state index is -0.0266. The van der Waals surface area contributed by atoms with Crippen LogP contribution in [0.2, 0.25) is 0 Å². The standard InChI is InChI=1S/C12H17NO/c1-4-9(2)11-5-7-12(8-6-11)13-10(3)14/h5-9H,4H2,1-3H3,(H,13,14). The minimum absolute atomic E-state index is 0.0266. The van der Waals surface area contributed by atoms with Gasteiger partial charge in [0.15, 0.2) is 0 Å². The van der Waals surface area contributed by atoms with E-state index in [1.807, 2.05) is 12.1 Å². The van der Waals surface area contributed by atoms with E-state index in [9.17, 15) is 4.79 Å². The van der Waals surface area contributed by atoms with Crippen molar-refractivity contribution in [1.82, 2.24) is 0 Å². The highest BCUT2D eigenvalue weighted by molar-refractivity contribution is 5.88. The Morgan fingerprint density at radius 2 is 1.93 bits per heavy atom. The molecule has 0 fully saturated rings. The van der Waals surface area contributed by atoms with Gasteiger partial charge in [0.05, 0.1) is 0 Å². The molecular formula is C12H17NO. The zero-order chi connectivity index (χ0) is 10.6. The molecule has 14 heavy (non-hydrogen) atoms. The smallest absolute Gasteiger partial charge is 0.221 e. The van der Waals surface area contributed by atoms with Crippen LogP contribution in [-0.4, -0.2) is 5.91 Å². The topological polar surface area (TPSA) is 29.1 Å². The zero-order valence-electron chi connectivity index (χ0n) is 9.00. The lowest BCUT2D eigenvalue weighted by atomic mass is 9.99. The van der Waals surface area contributed by atoms with Crippen molar-refractivity contribution in [3.8, 4) is 0 Å². The van der Waals surface area contributed by atoms with Crippen LogP contribution < -0.4 is 5.32 Å². The molecule has 2 nitrogen and oxygen atoms in total. The molecule has 0 saturated carbocycles. The summed E-state index contributed by atoms with van der Waals surface area (Å²) in [4.78, 5) is 10.8. The molecule has 1 atom stereocenters. The van der Waals surface area contributed by atoms with Gasteiger partial charge in [0, 0.05) is 12.6 Å². The van der Waals surface area contributed by atoms with E-state index in [4.69, 9.17) is 0 Å². The van der Waals surface area contributed by atoms with Crippen LogP contribution in [0.5, 0.6) is 0 Å². The Bertz CT molecular complexity index is 303. The summed E-state index contributed by atoms with van der Waals surface area (Å²) < 4.78 is 0. The van der Waals surface area contributed by atoms with E-state index in [1.165, 1.54) is 12.5 Å². The summed E-state index contributed by atoms with van der Waals surface area (Å²) in [7, 11) is 0. The minimum Gasteiger partial charge on any atom is -0.326 e. The SMILES string of the molecule is CCC(C)c1ccc(NC(C)=O)cc1. The van der Waals surface area contributed by atoms with E-state index in [1.54, 1.807) is 0 Å². The van der Waals surface area contributed by atoms with Gasteiger partial charge in [0.1, 0.15) is 0 Å². The van der Waals surface area contributed by atoms with Crippen molar-refractivity contribution in [2.75, 3.05) is 5.32 Å². The number of hydrogen-bond acceptors (Lipinski definition) is 1. The Balaban J connectivity index is 2.73. The molecule has 0 aliphatic rings. The Labute approximate surface area is 85.3 Å². The monoisotopic (exact) mass is 191 g/mol. The Hall–Kier alpha value is -1.31. The normalized spacial score (nSPS) is 12.2. The lowest BCUT2D eigenvalue weighted by Gasteiger charge is -2.09. The van der Waals surface area contributed by atoms with E-state index in [-0.39, 0.29) is 5.91 Å². The molecule has 1 N–H and O–H groups in total. The van der Waals surface area contributed by atoms with Gasteiger partial charge in [-0.3, -0.25) is 4.79 Å². The van der Waals surface area contributed by atoms with Gasteiger partial charge in [-0.05, 0) is 30.0 Å². The van der Waals surface area contributed by atoms with Crippen LogP contribution in [0.4, 0.5) is 5.69 Å². The third-order valence-corrected chi connectivity index (χ3v) is 2.41. The number of carbonyl (C=O) groups is 1. The number of amides is 1. The van der Waals surface area contributed by atoms with E-state index in [0.717, 1.165) is 12.1 Å². The van der Waals surface area contributed by atoms with E-state index < -0.39 is 0 Å². The number of rotatable bonds is 3. The molecule has 0 bridgehead atoms. The highest BCUT2D eigenvalue weighted by atomic mass is 16.1. The third kappa shape index (κ3) is 2.87. The molecule has 76 valence electrons. The van der Waals surface area contributed by atoms with Crippen LogP contribution in [0.15, 0.2) is 24.3 Å². The third-order valence-electron chi connectivity index (χ3n) is 2.41. The molecule has 0 spiro atoms. The van der Waals surface area contributed by atoms with Crippen molar-refractivity contribution in [1.29, 1.82) is 0 Å². The fraction of sp³-hybridized carbons (Fsp3) is 0.417. The van der Waals surface area contributed by atoms with Crippen LogP contribution in [0, 0.1) is 0 Å². The van der Waals surface area contributed by atoms with Crippen molar-refractivity contribution in [3.05, 3.63) is 29.8 Å². The second-order valence-corrected chi connectivity index (χ2v) is 3.61. The maximum absolute atomic E-state index is 10.8. The maximum Gasteiger partial charge on any atom is 0.221 e. The lowest BCUT2D eigenvalue weighted by molar-refractivity contribution is -0.114. The van der Waals surface area contributed by atoms with Crippen LogP contribution in [0.1, 0.15) is 38.7 Å². The zero-order valence-corrected chi connectivity index (χ0v) is 9.00. The van der Waals surface area contributed by atoms with Crippen LogP contribution in [0.3, 0.4) is 0 Å². The van der Waals surface area contributed by atoms with E-state index in [0.29, 0.717) is 5.92 Å². The van der Waals surface area contributed by atoms with Gasteiger partial charge in [-0.2, -0.15) is 0 Å². The van der Waals surface area contributed by atoms with Gasteiger partial charge in [-0.25, -0.2) is 0 Å². The Morgan fingerprint density at radius 1 is 1.36 bits per heavy atom. The van der Waals surface area contributed by atoms with Crippen molar-refractivity contribution in [2.24, 2.45) is 0 Å². The average molecular weight is 191 g/mol. The number of anilines is 1. The average Bonchev–Trinajstić information content (AvgIpc) is 2.17. The highest BCUT2D eigenvalue weighted by Crippen LogP contribution is 2.20. The Morgan fingerprint density at radius 3 is 2.36 bits per heavy atom. The molecule has 0 aliphatic heterocycles. The molecule has 0 aliphatic carbocycles. The van der Waals surface area contributed by atoms with Crippen LogP contribution in [0.25, 0.3) is 0 Å². The second-order valence-electron chi connectivity index (χ2n) is 3.61. The molecular weight excluding hydrogens is 174 g/mol. The van der Waals surface area contributed by atoms with Gasteiger partial charge < -0.3 is 5.32 Å². The summed E-state index contributed by atoms with van der Waals surface area (Å²) in [5, 5.41) is 2.75. The summed E-state index contributed by atoms with van der Waals surface area (Å²) in [5.41, 5.74) is 2.19. The summed E-state index contributed by atoms with van der Waals surface area (Å²) >= 11 is 0. The van der Waals surface area contributed by atoms with Gasteiger partial charge in [0.25, 0.3) is 0 Å². The summed E-state index contributed by atoms with van der Waals surface area (Å²) in [6.07, 6.45) is 1.14. The fourth-order valence-electron chi connectivity index (χ4n) is 1.33. The van der Waals surface area contributed by atoms with Gasteiger partial charge in [-0.1, -0.05) is 26.0 Å². The lowest BCUT2D eigenvalue weighted by Crippen LogP contribution is -2.05. The number of carbonyl (C=O) groups excluding carboxylic acids is 1. The molecule has 1 unspecified atom stereocenters. The predicted molar refractivity (Wildman–Crippen MR) is 59.5 cm³/mol. The van der Waals surface area contributed by atoms with Crippen molar-refractivity contribution >= 4 is 11.6 Å². The van der Waals surface area contributed by atoms with Crippen LogP contribution in [-0.2, 0) is 4.79 Å². The largest absolute Gasteiger partial charge is 0.326 e. The maximum atomic E-state index is 10.8. The van der Waals surface area contributed by atoms with E-state index in [2.05, 4.69) is 31.3 Å². The van der Waals surface area contributed by atoms with Gasteiger partial charge in [0.2, 0.25) is 5.91 Å². The van der Waals surface area contributed by atoms with E-state index >= 15 is 0 Å². The molecule has 0 aromatic heterocycles. The first-order valence-corrected chi connectivity index (χ1v) is 5.01. The highest BCUT2D eigenvalue weighted by Gasteiger charge is 2.02. The van der Waals surface area contributed by atoms with Crippen LogP contribution >= 0.6 is 0 Å². The quantitative estimate of drug-likeness (QED) is 0.781. The molecule has 0 radical (unpaired) electrons. The number of benzene rings is 1. The molecule has 1 aromatic carbocycles. The summed E-state index contributed by atoms with van der Waals surface area (Å²) in [5.74, 6) is 0.558. The first-order chi connectivity index (χ1) is 6.63. The number of nitrogens with one attached hydrogen (secondary N) is 1. The van der Waals surface area contributed by atoms with Crippen molar-refractivity contribution in [3.63, 3.8) is 0 Å². The molecule has 0 saturated heterocycles. The van der Waals surface area contributed by atoms with Gasteiger partial charge >= 0.3 is 0 Å². The fourth-order valence-corrected chi connectivity index (χ4v) is 1.33. The molecule has 1 rings (SSSR count). The predicted octanol–water partition coefficient (Wildman–Crippen LogP) is 3.16. The molecule has 1 aromatic rings. The first-order valence-electron chi connectivity index (χ1n) is 5.01. The second kappa shape index (κ2) is 4.80. The molecule has 1 amide bonds. The number of hydrogen-bond donors (Lipinski definition) is 1. The van der Waals surface area contributed by atoms with Crippen molar-refractivity contribution < 1.29 is 4.79 Å². The molecule has 2 heteroatoms.